The van der Waals surface area contributed by atoms with Crippen LogP contribution in [0, 0.1) is 0 Å². The Bertz CT molecular complexity index is 332. The lowest BCUT2D eigenvalue weighted by Crippen LogP contribution is -2.27. The van der Waals surface area contributed by atoms with Crippen molar-refractivity contribution in [1.82, 2.24) is 0 Å². The van der Waals surface area contributed by atoms with Crippen molar-refractivity contribution < 1.29 is 14.6 Å². The highest BCUT2D eigenvalue weighted by Gasteiger charge is 2.27. The summed E-state index contributed by atoms with van der Waals surface area (Å²) < 4.78 is 11.2. The second-order valence-electron chi connectivity index (χ2n) is 4.12. The maximum Gasteiger partial charge on any atom is 0.121 e. The van der Waals surface area contributed by atoms with E-state index in [2.05, 4.69) is 0 Å². The fourth-order valence-corrected chi connectivity index (χ4v) is 2.21. The van der Waals surface area contributed by atoms with Gasteiger partial charge in [-0.15, -0.1) is 0 Å². The Hall–Kier alpha value is -1.06. The summed E-state index contributed by atoms with van der Waals surface area (Å²) in [5, 5.41) is 9.81. The summed E-state index contributed by atoms with van der Waals surface area (Å²) in [6.45, 7) is 0.790. The molecule has 0 amide bonds. The molecule has 1 fully saturated rings. The summed E-state index contributed by atoms with van der Waals surface area (Å²) in [5.41, 5.74) is 0.817. The number of ether oxygens (including phenoxy) is 2. The molecule has 1 aromatic rings. The Labute approximate surface area is 96.0 Å². The van der Waals surface area contributed by atoms with Crippen molar-refractivity contribution in [3.63, 3.8) is 0 Å². The molecule has 2 rings (SSSR count). The van der Waals surface area contributed by atoms with Gasteiger partial charge in [0.1, 0.15) is 11.9 Å². The van der Waals surface area contributed by atoms with Crippen LogP contribution >= 0.6 is 0 Å². The van der Waals surface area contributed by atoms with E-state index >= 15 is 0 Å². The van der Waals surface area contributed by atoms with Gasteiger partial charge in [0.25, 0.3) is 0 Å². The van der Waals surface area contributed by atoms with Crippen molar-refractivity contribution in [3.8, 4) is 5.75 Å². The lowest BCUT2D eigenvalue weighted by Gasteiger charge is -2.30. The molecule has 0 unspecified atom stereocenters. The lowest BCUT2D eigenvalue weighted by molar-refractivity contribution is -0.0801. The average molecular weight is 222 g/mol. The Morgan fingerprint density at radius 3 is 2.81 bits per heavy atom. The molecule has 0 bridgehead atoms. The van der Waals surface area contributed by atoms with Gasteiger partial charge in [-0.2, -0.15) is 0 Å². The number of hydrogen-bond donors (Lipinski definition) is 1. The molecule has 1 saturated heterocycles. The van der Waals surface area contributed by atoms with Gasteiger partial charge >= 0.3 is 0 Å². The first-order valence-electron chi connectivity index (χ1n) is 5.75. The van der Waals surface area contributed by atoms with Crippen molar-refractivity contribution in [2.75, 3.05) is 13.7 Å². The van der Waals surface area contributed by atoms with Crippen LogP contribution in [0.25, 0.3) is 0 Å². The van der Waals surface area contributed by atoms with Gasteiger partial charge in [0.15, 0.2) is 0 Å². The molecular weight excluding hydrogens is 204 g/mol. The van der Waals surface area contributed by atoms with Gasteiger partial charge in [-0.1, -0.05) is 18.2 Å². The number of aromatic hydroxyl groups is 1. The van der Waals surface area contributed by atoms with Gasteiger partial charge in [-0.25, -0.2) is 0 Å². The van der Waals surface area contributed by atoms with Crippen molar-refractivity contribution in [2.45, 2.75) is 31.5 Å². The molecule has 1 N–H and O–H groups in total. The molecule has 0 aliphatic carbocycles. The second-order valence-corrected chi connectivity index (χ2v) is 4.12. The highest BCUT2D eigenvalue weighted by molar-refractivity contribution is 5.34. The lowest BCUT2D eigenvalue weighted by atomic mass is 9.97. The fraction of sp³-hybridized carbons (Fsp3) is 0.538. The number of methoxy groups -OCH3 is 1. The Morgan fingerprint density at radius 2 is 2.19 bits per heavy atom. The first kappa shape index (κ1) is 11.4. The summed E-state index contributed by atoms with van der Waals surface area (Å²) in [7, 11) is 1.66. The number of rotatable bonds is 3. The minimum absolute atomic E-state index is 0.0621. The largest absolute Gasteiger partial charge is 0.508 e. The van der Waals surface area contributed by atoms with Crippen LogP contribution < -0.4 is 0 Å². The maximum absolute atomic E-state index is 9.81. The Morgan fingerprint density at radius 1 is 1.38 bits per heavy atom. The molecule has 1 aliphatic rings. The number of benzene rings is 1. The highest BCUT2D eigenvalue weighted by Crippen LogP contribution is 2.33. The summed E-state index contributed by atoms with van der Waals surface area (Å²) in [6.07, 6.45) is 3.17. The van der Waals surface area contributed by atoms with E-state index in [1.165, 1.54) is 0 Å². The fourth-order valence-electron chi connectivity index (χ4n) is 2.21. The van der Waals surface area contributed by atoms with Gasteiger partial charge in [0.2, 0.25) is 0 Å². The zero-order valence-corrected chi connectivity index (χ0v) is 9.56. The molecule has 16 heavy (non-hydrogen) atoms. The van der Waals surface area contributed by atoms with Crippen LogP contribution in [0.1, 0.15) is 30.9 Å². The monoisotopic (exact) mass is 222 g/mol. The summed E-state index contributed by atoms with van der Waals surface area (Å²) in [6, 6.07) is 7.29. The van der Waals surface area contributed by atoms with E-state index in [9.17, 15) is 5.11 Å². The Kier molecular flexibility index (Phi) is 3.80. The topological polar surface area (TPSA) is 38.7 Å². The number of hydrogen-bond acceptors (Lipinski definition) is 3. The summed E-state index contributed by atoms with van der Waals surface area (Å²) >= 11 is 0. The van der Waals surface area contributed by atoms with Gasteiger partial charge in [0, 0.05) is 19.3 Å². The highest BCUT2D eigenvalue weighted by atomic mass is 16.5. The SMILES string of the molecule is CO[C@H](c1ccccc1O)[C@H]1CCCCO1. The summed E-state index contributed by atoms with van der Waals surface area (Å²) in [4.78, 5) is 0. The molecule has 3 heteroatoms. The van der Waals surface area contributed by atoms with E-state index in [0.29, 0.717) is 0 Å². The predicted octanol–water partition coefficient (Wildman–Crippen LogP) is 2.65. The van der Waals surface area contributed by atoms with Crippen LogP contribution in [0.5, 0.6) is 5.75 Å². The van der Waals surface area contributed by atoms with Crippen molar-refractivity contribution >= 4 is 0 Å². The number of phenols is 1. The molecule has 0 spiro atoms. The van der Waals surface area contributed by atoms with Gasteiger partial charge < -0.3 is 14.6 Å². The van der Waals surface area contributed by atoms with Crippen LogP contribution in [-0.2, 0) is 9.47 Å². The van der Waals surface area contributed by atoms with E-state index < -0.39 is 0 Å². The molecule has 3 nitrogen and oxygen atoms in total. The third-order valence-electron chi connectivity index (χ3n) is 3.05. The van der Waals surface area contributed by atoms with Crippen LogP contribution in [0.15, 0.2) is 24.3 Å². The molecule has 0 saturated carbocycles. The maximum atomic E-state index is 9.81. The van der Waals surface area contributed by atoms with E-state index in [0.717, 1.165) is 31.4 Å². The van der Waals surface area contributed by atoms with Crippen LogP contribution in [-0.4, -0.2) is 24.9 Å². The first-order valence-corrected chi connectivity index (χ1v) is 5.75. The molecule has 1 aromatic carbocycles. The Balaban J connectivity index is 2.18. The summed E-state index contributed by atoms with van der Waals surface area (Å²) in [5.74, 6) is 0.281. The van der Waals surface area contributed by atoms with Gasteiger partial charge in [-0.05, 0) is 25.3 Å². The standard InChI is InChI=1S/C13H18O3/c1-15-13(12-8-4-5-9-16-12)10-6-2-3-7-11(10)14/h2-3,6-7,12-14H,4-5,8-9H2,1H3/t12-,13-/m1/s1. The first-order chi connectivity index (χ1) is 7.83. The minimum Gasteiger partial charge on any atom is -0.508 e. The normalized spacial score (nSPS) is 22.9. The van der Waals surface area contributed by atoms with E-state index in [4.69, 9.17) is 9.47 Å². The van der Waals surface area contributed by atoms with Crippen molar-refractivity contribution in [1.29, 1.82) is 0 Å². The quantitative estimate of drug-likeness (QED) is 0.854. The van der Waals surface area contributed by atoms with E-state index in [1.54, 1.807) is 13.2 Å². The van der Waals surface area contributed by atoms with E-state index in [-0.39, 0.29) is 18.0 Å². The third kappa shape index (κ3) is 2.36. The van der Waals surface area contributed by atoms with Crippen LogP contribution in [0.2, 0.25) is 0 Å². The molecular formula is C13H18O3. The van der Waals surface area contributed by atoms with E-state index in [1.807, 2.05) is 18.2 Å². The molecule has 0 aromatic heterocycles. The van der Waals surface area contributed by atoms with Gasteiger partial charge in [0.05, 0.1) is 6.10 Å². The van der Waals surface area contributed by atoms with Gasteiger partial charge in [-0.3, -0.25) is 0 Å². The number of para-hydroxylation sites is 1. The average Bonchev–Trinajstić information content (AvgIpc) is 2.34. The van der Waals surface area contributed by atoms with Crippen LogP contribution in [0.4, 0.5) is 0 Å². The van der Waals surface area contributed by atoms with Crippen molar-refractivity contribution in [2.24, 2.45) is 0 Å². The smallest absolute Gasteiger partial charge is 0.121 e. The molecule has 88 valence electrons. The third-order valence-corrected chi connectivity index (χ3v) is 3.05. The molecule has 1 aliphatic heterocycles. The van der Waals surface area contributed by atoms with Crippen LogP contribution in [0.3, 0.4) is 0 Å². The zero-order chi connectivity index (χ0) is 11.4. The zero-order valence-electron chi connectivity index (χ0n) is 9.56. The minimum atomic E-state index is -0.165. The molecule has 0 radical (unpaired) electrons. The molecule has 2 atom stereocenters. The second kappa shape index (κ2) is 5.32. The van der Waals surface area contributed by atoms with Crippen molar-refractivity contribution in [3.05, 3.63) is 29.8 Å². The predicted molar refractivity (Wildman–Crippen MR) is 61.4 cm³/mol. The molecule has 1 heterocycles. The number of phenolic OH excluding ortho intramolecular Hbond substituents is 1.